The lowest BCUT2D eigenvalue weighted by Gasteiger charge is -2.11. The first-order valence-corrected chi connectivity index (χ1v) is 8.78. The van der Waals surface area contributed by atoms with Crippen LogP contribution in [0.4, 0.5) is 5.69 Å². The van der Waals surface area contributed by atoms with E-state index < -0.39 is 5.91 Å². The molecule has 4 nitrogen and oxygen atoms in total. The van der Waals surface area contributed by atoms with Crippen LogP contribution in [0.3, 0.4) is 0 Å². The zero-order chi connectivity index (χ0) is 18.8. The van der Waals surface area contributed by atoms with Crippen molar-refractivity contribution in [1.82, 2.24) is 4.98 Å². The molecule has 0 aliphatic heterocycles. The van der Waals surface area contributed by atoms with Gasteiger partial charge in [0.15, 0.2) is 0 Å². The molecule has 0 spiro atoms. The Balaban J connectivity index is 1.71. The Kier molecular flexibility index (Phi) is 4.48. The molecule has 27 heavy (non-hydrogen) atoms. The lowest BCUT2D eigenvalue weighted by molar-refractivity contribution is 0.102. The van der Waals surface area contributed by atoms with Gasteiger partial charge in [-0.3, -0.25) is 9.59 Å². The molecule has 0 radical (unpaired) electrons. The minimum Gasteiger partial charge on any atom is -0.360 e. The predicted octanol–water partition coefficient (Wildman–Crippen LogP) is 5.10. The lowest BCUT2D eigenvalue weighted by Crippen LogP contribution is -2.22. The van der Waals surface area contributed by atoms with Crippen molar-refractivity contribution in [3.63, 3.8) is 0 Å². The summed E-state index contributed by atoms with van der Waals surface area (Å²) in [7, 11) is 0. The molecular formula is C22H15ClN2O2. The molecule has 0 fully saturated rings. The van der Waals surface area contributed by atoms with Crippen LogP contribution in [0.1, 0.15) is 10.4 Å². The SMILES string of the molecule is O=C(Nc1ccccc1-c1ccc(Cl)cc1)c1c[nH]c2ccccc2c1=O. The van der Waals surface area contributed by atoms with Crippen molar-refractivity contribution in [2.75, 3.05) is 5.32 Å². The molecule has 0 unspecified atom stereocenters. The zero-order valence-electron chi connectivity index (χ0n) is 14.2. The van der Waals surface area contributed by atoms with Gasteiger partial charge >= 0.3 is 0 Å². The summed E-state index contributed by atoms with van der Waals surface area (Å²) >= 11 is 5.96. The number of aromatic nitrogens is 1. The van der Waals surface area contributed by atoms with Crippen LogP contribution in [0.15, 0.2) is 83.8 Å². The fraction of sp³-hybridized carbons (Fsp3) is 0. The van der Waals surface area contributed by atoms with Gasteiger partial charge in [0.25, 0.3) is 5.91 Å². The van der Waals surface area contributed by atoms with Crippen LogP contribution in [-0.4, -0.2) is 10.9 Å². The number of nitrogens with one attached hydrogen (secondary N) is 2. The quantitative estimate of drug-likeness (QED) is 0.524. The van der Waals surface area contributed by atoms with Crippen LogP contribution >= 0.6 is 11.6 Å². The second kappa shape index (κ2) is 7.09. The number of hydrogen-bond donors (Lipinski definition) is 2. The number of halogens is 1. The van der Waals surface area contributed by atoms with Gasteiger partial charge in [-0.2, -0.15) is 0 Å². The maximum Gasteiger partial charge on any atom is 0.261 e. The maximum atomic E-state index is 12.8. The van der Waals surface area contributed by atoms with Gasteiger partial charge in [-0.1, -0.05) is 54.1 Å². The molecule has 3 aromatic carbocycles. The number of benzene rings is 3. The van der Waals surface area contributed by atoms with Crippen LogP contribution in [0.2, 0.25) is 5.02 Å². The number of carbonyl (C=O) groups is 1. The van der Waals surface area contributed by atoms with Gasteiger partial charge in [-0.25, -0.2) is 0 Å². The number of aromatic amines is 1. The van der Waals surface area contributed by atoms with Gasteiger partial charge in [-0.05, 0) is 35.9 Å². The van der Waals surface area contributed by atoms with E-state index in [2.05, 4.69) is 10.3 Å². The summed E-state index contributed by atoms with van der Waals surface area (Å²) in [5.41, 5.74) is 2.85. The van der Waals surface area contributed by atoms with Crippen LogP contribution in [0.5, 0.6) is 0 Å². The fourth-order valence-corrected chi connectivity index (χ4v) is 3.13. The Morgan fingerprint density at radius 2 is 1.59 bits per heavy atom. The van der Waals surface area contributed by atoms with E-state index in [0.29, 0.717) is 21.6 Å². The number of H-pyrrole nitrogens is 1. The minimum atomic E-state index is -0.455. The molecule has 0 bridgehead atoms. The third-order valence-corrected chi connectivity index (χ3v) is 4.62. The van der Waals surface area contributed by atoms with E-state index in [9.17, 15) is 9.59 Å². The third-order valence-electron chi connectivity index (χ3n) is 4.36. The van der Waals surface area contributed by atoms with Crippen molar-refractivity contribution in [2.24, 2.45) is 0 Å². The molecule has 132 valence electrons. The van der Waals surface area contributed by atoms with E-state index in [1.807, 2.05) is 36.4 Å². The molecule has 0 aliphatic carbocycles. The molecule has 1 aromatic heterocycles. The number of fused-ring (bicyclic) bond motifs is 1. The standard InChI is InChI=1S/C22H15ClN2O2/c23-15-11-9-14(10-12-15)16-5-1-4-8-20(16)25-22(27)18-13-24-19-7-3-2-6-17(19)21(18)26/h1-13H,(H,24,26)(H,25,27). The average molecular weight is 375 g/mol. The van der Waals surface area contributed by atoms with E-state index in [0.717, 1.165) is 11.1 Å². The Hall–Kier alpha value is -3.37. The van der Waals surface area contributed by atoms with E-state index >= 15 is 0 Å². The number of anilines is 1. The minimum absolute atomic E-state index is 0.0691. The van der Waals surface area contributed by atoms with Crippen molar-refractivity contribution in [3.8, 4) is 11.1 Å². The largest absolute Gasteiger partial charge is 0.360 e. The van der Waals surface area contributed by atoms with Crippen LogP contribution in [0, 0.1) is 0 Å². The smallest absolute Gasteiger partial charge is 0.261 e. The summed E-state index contributed by atoms with van der Waals surface area (Å²) < 4.78 is 0. The monoisotopic (exact) mass is 374 g/mol. The molecule has 5 heteroatoms. The molecule has 2 N–H and O–H groups in total. The number of para-hydroxylation sites is 2. The Morgan fingerprint density at radius 1 is 0.889 bits per heavy atom. The van der Waals surface area contributed by atoms with Crippen molar-refractivity contribution in [2.45, 2.75) is 0 Å². The van der Waals surface area contributed by atoms with Crippen LogP contribution < -0.4 is 10.7 Å². The van der Waals surface area contributed by atoms with Crippen molar-refractivity contribution >= 4 is 34.1 Å². The highest BCUT2D eigenvalue weighted by Crippen LogP contribution is 2.29. The first-order valence-electron chi connectivity index (χ1n) is 8.40. The normalized spacial score (nSPS) is 10.7. The number of rotatable bonds is 3. The number of pyridine rings is 1. The van der Waals surface area contributed by atoms with E-state index in [1.165, 1.54) is 6.20 Å². The second-order valence-electron chi connectivity index (χ2n) is 6.08. The van der Waals surface area contributed by atoms with Crippen LogP contribution in [0.25, 0.3) is 22.0 Å². The Labute approximate surface area is 160 Å². The van der Waals surface area contributed by atoms with Gasteiger partial charge in [0, 0.05) is 33.4 Å². The van der Waals surface area contributed by atoms with E-state index in [-0.39, 0.29) is 11.0 Å². The first kappa shape index (κ1) is 17.1. The number of amides is 1. The van der Waals surface area contributed by atoms with Gasteiger partial charge in [-0.15, -0.1) is 0 Å². The molecule has 0 saturated carbocycles. The topological polar surface area (TPSA) is 62.0 Å². The van der Waals surface area contributed by atoms with E-state index in [1.54, 1.807) is 36.4 Å². The predicted molar refractivity (Wildman–Crippen MR) is 109 cm³/mol. The summed E-state index contributed by atoms with van der Waals surface area (Å²) in [6, 6.07) is 21.9. The van der Waals surface area contributed by atoms with Gasteiger partial charge in [0.05, 0.1) is 0 Å². The van der Waals surface area contributed by atoms with Crippen molar-refractivity contribution in [3.05, 3.63) is 99.8 Å². The summed E-state index contributed by atoms with van der Waals surface area (Å²) in [5, 5.41) is 3.98. The Bertz CT molecular complexity index is 1200. The highest BCUT2D eigenvalue weighted by atomic mass is 35.5. The van der Waals surface area contributed by atoms with Gasteiger partial charge < -0.3 is 10.3 Å². The zero-order valence-corrected chi connectivity index (χ0v) is 15.0. The number of carbonyl (C=O) groups excluding carboxylic acids is 1. The fourth-order valence-electron chi connectivity index (χ4n) is 3.00. The van der Waals surface area contributed by atoms with E-state index in [4.69, 9.17) is 11.6 Å². The van der Waals surface area contributed by atoms with Crippen molar-refractivity contribution in [1.29, 1.82) is 0 Å². The summed E-state index contributed by atoms with van der Waals surface area (Å²) in [4.78, 5) is 28.4. The molecule has 1 heterocycles. The molecule has 1 amide bonds. The third kappa shape index (κ3) is 3.35. The molecule has 4 aromatic rings. The van der Waals surface area contributed by atoms with Gasteiger partial charge in [0.1, 0.15) is 5.56 Å². The van der Waals surface area contributed by atoms with Gasteiger partial charge in [0.2, 0.25) is 5.43 Å². The highest BCUT2D eigenvalue weighted by molar-refractivity contribution is 6.30. The lowest BCUT2D eigenvalue weighted by atomic mass is 10.0. The van der Waals surface area contributed by atoms with Crippen LogP contribution in [-0.2, 0) is 0 Å². The van der Waals surface area contributed by atoms with Crippen molar-refractivity contribution < 1.29 is 4.79 Å². The first-order chi connectivity index (χ1) is 13.1. The maximum absolute atomic E-state index is 12.8. The summed E-state index contributed by atoms with van der Waals surface area (Å²) in [6.07, 6.45) is 1.45. The molecule has 4 rings (SSSR count). The average Bonchev–Trinajstić information content (AvgIpc) is 2.69. The summed E-state index contributed by atoms with van der Waals surface area (Å²) in [6.45, 7) is 0. The highest BCUT2D eigenvalue weighted by Gasteiger charge is 2.15. The molecule has 0 aliphatic rings. The molecular weight excluding hydrogens is 360 g/mol. The number of hydrogen-bond acceptors (Lipinski definition) is 2. The molecule has 0 atom stereocenters. The summed E-state index contributed by atoms with van der Waals surface area (Å²) in [5.74, 6) is -0.455. The second-order valence-corrected chi connectivity index (χ2v) is 6.52. The molecule has 0 saturated heterocycles. The Morgan fingerprint density at radius 3 is 2.41 bits per heavy atom.